The predicted molar refractivity (Wildman–Crippen MR) is 82.8 cm³/mol. The number of alkyl carbamates (subject to hydrolysis) is 1. The second-order valence-electron chi connectivity index (χ2n) is 5.75. The highest BCUT2D eigenvalue weighted by Crippen LogP contribution is 2.36. The highest BCUT2D eigenvalue weighted by atomic mass is 16.6. The van der Waals surface area contributed by atoms with Gasteiger partial charge in [0.1, 0.15) is 6.04 Å². The molecular weight excluding hydrogens is 332 g/mol. The van der Waals surface area contributed by atoms with Crippen LogP contribution >= 0.6 is 0 Å². The van der Waals surface area contributed by atoms with Gasteiger partial charge in [-0.05, 0) is 26.7 Å². The molecule has 4 amide bonds. The first-order chi connectivity index (χ1) is 11.9. The SMILES string of the molecule is CCOC(=O)NC(=O)COC(=O)[C@H](C)N1C(=O)[C@@H]2CC=CC[C@H]2C1=O. The van der Waals surface area contributed by atoms with Crippen molar-refractivity contribution >= 4 is 29.8 Å². The molecule has 0 saturated carbocycles. The van der Waals surface area contributed by atoms with Crippen LogP contribution in [-0.2, 0) is 28.7 Å². The van der Waals surface area contributed by atoms with Gasteiger partial charge in [-0.15, -0.1) is 0 Å². The fourth-order valence-corrected chi connectivity index (χ4v) is 2.89. The Bertz CT molecular complexity index is 602. The number of hydrogen-bond acceptors (Lipinski definition) is 7. The molecule has 2 rings (SSSR count). The minimum atomic E-state index is -1.14. The van der Waals surface area contributed by atoms with E-state index in [2.05, 4.69) is 4.74 Å². The first kappa shape index (κ1) is 18.6. The van der Waals surface area contributed by atoms with Gasteiger partial charge < -0.3 is 9.47 Å². The van der Waals surface area contributed by atoms with Crippen molar-refractivity contribution < 1.29 is 33.4 Å². The number of hydrogen-bond donors (Lipinski definition) is 1. The van der Waals surface area contributed by atoms with Crippen LogP contribution in [0.5, 0.6) is 0 Å². The van der Waals surface area contributed by atoms with E-state index in [1.54, 1.807) is 6.92 Å². The van der Waals surface area contributed by atoms with E-state index >= 15 is 0 Å². The first-order valence-electron chi connectivity index (χ1n) is 8.02. The quantitative estimate of drug-likeness (QED) is 0.425. The molecule has 0 spiro atoms. The van der Waals surface area contributed by atoms with Crippen LogP contribution in [0.25, 0.3) is 0 Å². The molecular formula is C16H20N2O7. The van der Waals surface area contributed by atoms with Crippen LogP contribution in [0, 0.1) is 11.8 Å². The van der Waals surface area contributed by atoms with Crippen molar-refractivity contribution in [3.8, 4) is 0 Å². The van der Waals surface area contributed by atoms with Crippen molar-refractivity contribution in [1.29, 1.82) is 0 Å². The Labute approximate surface area is 144 Å². The third-order valence-corrected chi connectivity index (χ3v) is 4.13. The lowest BCUT2D eigenvalue weighted by atomic mass is 9.85. The number of esters is 1. The Morgan fingerprint density at radius 3 is 2.24 bits per heavy atom. The molecule has 9 heteroatoms. The normalized spacial score (nSPS) is 23.0. The molecule has 25 heavy (non-hydrogen) atoms. The molecule has 3 atom stereocenters. The number of likely N-dealkylation sites (tertiary alicyclic amines) is 1. The maximum absolute atomic E-state index is 12.4. The second-order valence-corrected chi connectivity index (χ2v) is 5.75. The molecule has 1 aliphatic heterocycles. The number of carbonyl (C=O) groups excluding carboxylic acids is 5. The van der Waals surface area contributed by atoms with Crippen LogP contribution in [-0.4, -0.2) is 53.9 Å². The van der Waals surface area contributed by atoms with Crippen molar-refractivity contribution in [2.75, 3.05) is 13.2 Å². The molecule has 0 aromatic carbocycles. The number of allylic oxidation sites excluding steroid dienone is 2. The zero-order chi connectivity index (χ0) is 18.6. The summed E-state index contributed by atoms with van der Waals surface area (Å²) in [5.41, 5.74) is 0. The Morgan fingerprint density at radius 1 is 1.16 bits per heavy atom. The number of amides is 4. The minimum absolute atomic E-state index is 0.0896. The zero-order valence-corrected chi connectivity index (χ0v) is 14.0. The van der Waals surface area contributed by atoms with Gasteiger partial charge in [-0.2, -0.15) is 0 Å². The van der Waals surface area contributed by atoms with Crippen molar-refractivity contribution in [2.45, 2.75) is 32.7 Å². The average molecular weight is 352 g/mol. The summed E-state index contributed by atoms with van der Waals surface area (Å²) in [5.74, 6) is -3.46. The van der Waals surface area contributed by atoms with Crippen LogP contribution in [0.3, 0.4) is 0 Å². The number of imide groups is 2. The fraction of sp³-hybridized carbons (Fsp3) is 0.562. The van der Waals surface area contributed by atoms with Crippen molar-refractivity contribution in [1.82, 2.24) is 10.2 Å². The zero-order valence-electron chi connectivity index (χ0n) is 14.0. The molecule has 1 saturated heterocycles. The second kappa shape index (κ2) is 7.91. The van der Waals surface area contributed by atoms with Gasteiger partial charge in [-0.25, -0.2) is 9.59 Å². The highest BCUT2D eigenvalue weighted by molar-refractivity contribution is 6.08. The number of rotatable bonds is 5. The Morgan fingerprint density at radius 2 is 1.72 bits per heavy atom. The van der Waals surface area contributed by atoms with E-state index in [-0.39, 0.29) is 6.61 Å². The topological polar surface area (TPSA) is 119 Å². The van der Waals surface area contributed by atoms with E-state index in [0.29, 0.717) is 12.8 Å². The summed E-state index contributed by atoms with van der Waals surface area (Å²) in [5, 5.41) is 1.87. The van der Waals surface area contributed by atoms with Crippen molar-refractivity contribution in [2.24, 2.45) is 11.8 Å². The fourth-order valence-electron chi connectivity index (χ4n) is 2.89. The van der Waals surface area contributed by atoms with E-state index in [4.69, 9.17) is 4.74 Å². The van der Waals surface area contributed by atoms with Crippen LogP contribution < -0.4 is 5.32 Å². The summed E-state index contributed by atoms with van der Waals surface area (Å²) in [6.07, 6.45) is 3.68. The Kier molecular flexibility index (Phi) is 5.89. The Hall–Kier alpha value is -2.71. The summed E-state index contributed by atoms with van der Waals surface area (Å²) in [6.45, 7) is 2.31. The molecule has 2 aliphatic rings. The van der Waals surface area contributed by atoms with Gasteiger partial charge in [0.25, 0.3) is 5.91 Å². The molecule has 1 aliphatic carbocycles. The smallest absolute Gasteiger partial charge is 0.413 e. The van der Waals surface area contributed by atoms with E-state index in [1.807, 2.05) is 17.5 Å². The minimum Gasteiger partial charge on any atom is -0.454 e. The van der Waals surface area contributed by atoms with E-state index in [1.165, 1.54) is 6.92 Å². The summed E-state index contributed by atoms with van der Waals surface area (Å²) in [4.78, 5) is 60.3. The highest BCUT2D eigenvalue weighted by Gasteiger charge is 2.50. The van der Waals surface area contributed by atoms with E-state index in [0.717, 1.165) is 4.90 Å². The maximum Gasteiger partial charge on any atom is 0.413 e. The molecule has 136 valence electrons. The van der Waals surface area contributed by atoms with Gasteiger partial charge in [0.15, 0.2) is 6.61 Å². The standard InChI is InChI=1S/C16H20N2O7/c1-3-24-16(23)17-12(19)8-25-15(22)9(2)18-13(20)10-6-4-5-7-11(10)14(18)21/h4-5,9-11H,3,6-8H2,1-2H3,(H,17,19,23)/t9-,10+,11+/m0/s1. The number of carbonyl (C=O) groups is 5. The van der Waals surface area contributed by atoms with Gasteiger partial charge >= 0.3 is 12.1 Å². The molecule has 1 N–H and O–H groups in total. The molecule has 0 unspecified atom stereocenters. The molecule has 9 nitrogen and oxygen atoms in total. The number of nitrogens with zero attached hydrogens (tertiary/aromatic N) is 1. The molecule has 1 fully saturated rings. The van der Waals surface area contributed by atoms with E-state index in [9.17, 15) is 24.0 Å². The van der Waals surface area contributed by atoms with Crippen LogP contribution in [0.1, 0.15) is 26.7 Å². The van der Waals surface area contributed by atoms with Crippen LogP contribution in [0.2, 0.25) is 0 Å². The molecule has 0 bridgehead atoms. The number of ether oxygens (including phenoxy) is 2. The van der Waals surface area contributed by atoms with E-state index < -0.39 is 54.3 Å². The first-order valence-corrected chi connectivity index (χ1v) is 8.02. The summed E-state index contributed by atoms with van der Waals surface area (Å²) in [6, 6.07) is -1.14. The lowest BCUT2D eigenvalue weighted by molar-refractivity contribution is -0.159. The number of nitrogens with one attached hydrogen (secondary N) is 1. The van der Waals surface area contributed by atoms with Gasteiger partial charge in [0.2, 0.25) is 11.8 Å². The van der Waals surface area contributed by atoms with Crippen LogP contribution in [0.4, 0.5) is 4.79 Å². The van der Waals surface area contributed by atoms with Gasteiger partial charge in [-0.3, -0.25) is 24.6 Å². The van der Waals surface area contributed by atoms with Crippen molar-refractivity contribution in [3.63, 3.8) is 0 Å². The van der Waals surface area contributed by atoms with Gasteiger partial charge in [0.05, 0.1) is 18.4 Å². The lowest BCUT2D eigenvalue weighted by Crippen LogP contribution is -2.45. The Balaban J connectivity index is 1.90. The number of fused-ring (bicyclic) bond motifs is 1. The molecule has 0 aromatic heterocycles. The van der Waals surface area contributed by atoms with Gasteiger partial charge in [0, 0.05) is 0 Å². The maximum atomic E-state index is 12.4. The largest absolute Gasteiger partial charge is 0.454 e. The lowest BCUT2D eigenvalue weighted by Gasteiger charge is -2.21. The monoisotopic (exact) mass is 352 g/mol. The average Bonchev–Trinajstić information content (AvgIpc) is 2.84. The van der Waals surface area contributed by atoms with Crippen LogP contribution in [0.15, 0.2) is 12.2 Å². The predicted octanol–water partition coefficient (Wildman–Crippen LogP) is 0.142. The van der Waals surface area contributed by atoms with Crippen molar-refractivity contribution in [3.05, 3.63) is 12.2 Å². The summed E-state index contributed by atoms with van der Waals surface area (Å²) >= 11 is 0. The molecule has 0 aromatic rings. The third kappa shape index (κ3) is 4.04. The van der Waals surface area contributed by atoms with Gasteiger partial charge in [-0.1, -0.05) is 12.2 Å². The molecule has 0 radical (unpaired) electrons. The summed E-state index contributed by atoms with van der Waals surface area (Å²) < 4.78 is 9.30. The molecule has 1 heterocycles. The third-order valence-electron chi connectivity index (χ3n) is 4.13. The summed E-state index contributed by atoms with van der Waals surface area (Å²) in [7, 11) is 0.